The third kappa shape index (κ3) is 3.91. The van der Waals surface area contributed by atoms with Gasteiger partial charge in [-0.1, -0.05) is 30.0 Å². The standard InChI is InChI=1S/C14H14FN3O2S/c1-3-8-16-12(19)9(2)21-14-18-17-13(20-14)10-6-4-5-7-11(10)15/h3-7,9H,1,8H2,2H3,(H,16,19)/t9-/m1/s1. The molecule has 0 saturated carbocycles. The van der Waals surface area contributed by atoms with Gasteiger partial charge in [-0.25, -0.2) is 4.39 Å². The number of thioether (sulfide) groups is 1. The Balaban J connectivity index is 2.05. The highest BCUT2D eigenvalue weighted by atomic mass is 32.2. The molecule has 0 aliphatic carbocycles. The van der Waals surface area contributed by atoms with Crippen molar-refractivity contribution in [3.8, 4) is 11.5 Å². The van der Waals surface area contributed by atoms with E-state index in [1.165, 1.54) is 6.07 Å². The molecule has 5 nitrogen and oxygen atoms in total. The molecule has 110 valence electrons. The van der Waals surface area contributed by atoms with E-state index in [0.717, 1.165) is 11.8 Å². The van der Waals surface area contributed by atoms with Crippen LogP contribution < -0.4 is 5.32 Å². The van der Waals surface area contributed by atoms with Crippen molar-refractivity contribution in [3.05, 3.63) is 42.7 Å². The zero-order chi connectivity index (χ0) is 15.2. The van der Waals surface area contributed by atoms with Crippen LogP contribution in [0.1, 0.15) is 6.92 Å². The highest BCUT2D eigenvalue weighted by molar-refractivity contribution is 8.00. The van der Waals surface area contributed by atoms with Gasteiger partial charge in [-0.05, 0) is 19.1 Å². The molecule has 1 atom stereocenters. The maximum absolute atomic E-state index is 13.6. The van der Waals surface area contributed by atoms with Gasteiger partial charge in [-0.3, -0.25) is 4.79 Å². The van der Waals surface area contributed by atoms with Crippen molar-refractivity contribution in [1.82, 2.24) is 15.5 Å². The minimum atomic E-state index is -0.436. The Labute approximate surface area is 125 Å². The number of carbonyl (C=O) groups excluding carboxylic acids is 1. The maximum Gasteiger partial charge on any atom is 0.277 e. The molecule has 1 aromatic carbocycles. The average Bonchev–Trinajstić information content (AvgIpc) is 2.93. The minimum Gasteiger partial charge on any atom is -0.411 e. The molecule has 21 heavy (non-hydrogen) atoms. The second kappa shape index (κ2) is 7.03. The zero-order valence-electron chi connectivity index (χ0n) is 11.4. The molecule has 0 aliphatic rings. The van der Waals surface area contributed by atoms with Crippen LogP contribution in [0.3, 0.4) is 0 Å². The molecule has 1 N–H and O–H groups in total. The summed E-state index contributed by atoms with van der Waals surface area (Å²) in [5.41, 5.74) is 0.237. The number of aromatic nitrogens is 2. The van der Waals surface area contributed by atoms with E-state index in [0.29, 0.717) is 6.54 Å². The number of halogens is 1. The van der Waals surface area contributed by atoms with Crippen molar-refractivity contribution in [1.29, 1.82) is 0 Å². The smallest absolute Gasteiger partial charge is 0.277 e. The van der Waals surface area contributed by atoms with Crippen LogP contribution in [0.2, 0.25) is 0 Å². The van der Waals surface area contributed by atoms with Crippen LogP contribution in [0.5, 0.6) is 0 Å². The summed E-state index contributed by atoms with van der Waals surface area (Å²) in [7, 11) is 0. The summed E-state index contributed by atoms with van der Waals surface area (Å²) in [4.78, 5) is 11.7. The summed E-state index contributed by atoms with van der Waals surface area (Å²) in [6.45, 7) is 5.64. The number of carbonyl (C=O) groups is 1. The Morgan fingerprint density at radius 1 is 1.52 bits per heavy atom. The lowest BCUT2D eigenvalue weighted by Gasteiger charge is -2.07. The minimum absolute atomic E-state index is 0.0919. The summed E-state index contributed by atoms with van der Waals surface area (Å²) in [5.74, 6) is -0.505. The van der Waals surface area contributed by atoms with E-state index in [-0.39, 0.29) is 22.6 Å². The molecule has 2 aromatic rings. The summed E-state index contributed by atoms with van der Waals surface area (Å²) < 4.78 is 19.0. The predicted octanol–water partition coefficient (Wildman–Crippen LogP) is 2.66. The van der Waals surface area contributed by atoms with Crippen molar-refractivity contribution in [2.45, 2.75) is 17.4 Å². The van der Waals surface area contributed by atoms with E-state index >= 15 is 0 Å². The maximum atomic E-state index is 13.6. The summed E-state index contributed by atoms with van der Waals surface area (Å²) in [6.07, 6.45) is 1.60. The lowest BCUT2D eigenvalue weighted by molar-refractivity contribution is -0.120. The van der Waals surface area contributed by atoms with Crippen LogP contribution in [-0.4, -0.2) is 27.9 Å². The van der Waals surface area contributed by atoms with Gasteiger partial charge in [0.1, 0.15) is 5.82 Å². The van der Waals surface area contributed by atoms with Gasteiger partial charge in [0.15, 0.2) is 0 Å². The van der Waals surface area contributed by atoms with Crippen molar-refractivity contribution in [2.24, 2.45) is 0 Å². The Hall–Kier alpha value is -2.15. The van der Waals surface area contributed by atoms with Crippen LogP contribution >= 0.6 is 11.8 Å². The highest BCUT2D eigenvalue weighted by Crippen LogP contribution is 2.27. The third-order valence-electron chi connectivity index (χ3n) is 2.58. The molecule has 1 heterocycles. The topological polar surface area (TPSA) is 68.0 Å². The highest BCUT2D eigenvalue weighted by Gasteiger charge is 2.19. The SMILES string of the molecule is C=CCNC(=O)[C@@H](C)Sc1nnc(-c2ccccc2F)o1. The normalized spacial score (nSPS) is 11.9. The number of amides is 1. The molecule has 7 heteroatoms. The van der Waals surface area contributed by atoms with Crippen LogP contribution in [0, 0.1) is 5.82 Å². The van der Waals surface area contributed by atoms with Gasteiger partial charge < -0.3 is 9.73 Å². The number of nitrogens with zero attached hydrogens (tertiary/aromatic N) is 2. The second-order valence-electron chi connectivity index (χ2n) is 4.15. The fraction of sp³-hybridized carbons (Fsp3) is 0.214. The largest absolute Gasteiger partial charge is 0.411 e. The summed E-state index contributed by atoms with van der Waals surface area (Å²) >= 11 is 1.11. The van der Waals surface area contributed by atoms with Crippen LogP contribution in [0.15, 0.2) is 46.6 Å². The van der Waals surface area contributed by atoms with Crippen molar-refractivity contribution in [2.75, 3.05) is 6.54 Å². The van der Waals surface area contributed by atoms with Crippen LogP contribution in [0.4, 0.5) is 4.39 Å². The van der Waals surface area contributed by atoms with Crippen molar-refractivity contribution in [3.63, 3.8) is 0 Å². The zero-order valence-corrected chi connectivity index (χ0v) is 12.2. The van der Waals surface area contributed by atoms with E-state index in [1.54, 1.807) is 31.2 Å². The monoisotopic (exact) mass is 307 g/mol. The van der Waals surface area contributed by atoms with E-state index in [1.807, 2.05) is 0 Å². The van der Waals surface area contributed by atoms with E-state index in [4.69, 9.17) is 4.42 Å². The summed E-state index contributed by atoms with van der Waals surface area (Å²) in [6, 6.07) is 6.13. The molecule has 0 aliphatic heterocycles. The van der Waals surface area contributed by atoms with Gasteiger partial charge >= 0.3 is 0 Å². The van der Waals surface area contributed by atoms with Crippen molar-refractivity contribution < 1.29 is 13.6 Å². The second-order valence-corrected chi connectivity index (χ2v) is 5.44. The lowest BCUT2D eigenvalue weighted by atomic mass is 10.2. The molecule has 0 bridgehead atoms. The molecule has 2 rings (SSSR count). The first-order chi connectivity index (χ1) is 10.1. The number of hydrogen-bond acceptors (Lipinski definition) is 5. The first kappa shape index (κ1) is 15.2. The molecule has 0 fully saturated rings. The van der Waals surface area contributed by atoms with E-state index in [2.05, 4.69) is 22.1 Å². The molecule has 0 unspecified atom stereocenters. The Morgan fingerprint density at radius 2 is 2.29 bits per heavy atom. The molecule has 1 aromatic heterocycles. The third-order valence-corrected chi connectivity index (χ3v) is 3.51. The molecule has 1 amide bonds. The first-order valence-electron chi connectivity index (χ1n) is 6.25. The summed E-state index contributed by atoms with van der Waals surface area (Å²) in [5, 5.41) is 10.1. The molecular weight excluding hydrogens is 293 g/mol. The average molecular weight is 307 g/mol. The van der Waals surface area contributed by atoms with Gasteiger partial charge in [0.2, 0.25) is 5.91 Å². The van der Waals surface area contributed by atoms with Gasteiger partial charge in [-0.2, -0.15) is 0 Å². The van der Waals surface area contributed by atoms with Crippen LogP contribution in [0.25, 0.3) is 11.5 Å². The van der Waals surface area contributed by atoms with Crippen LogP contribution in [-0.2, 0) is 4.79 Å². The quantitative estimate of drug-likeness (QED) is 0.656. The van der Waals surface area contributed by atoms with Gasteiger partial charge in [0, 0.05) is 6.54 Å². The van der Waals surface area contributed by atoms with E-state index in [9.17, 15) is 9.18 Å². The Morgan fingerprint density at radius 3 is 3.00 bits per heavy atom. The number of rotatable bonds is 6. The Bertz CT molecular complexity index is 645. The van der Waals surface area contributed by atoms with E-state index < -0.39 is 11.1 Å². The van der Waals surface area contributed by atoms with Gasteiger partial charge in [-0.15, -0.1) is 16.8 Å². The lowest BCUT2D eigenvalue weighted by Crippen LogP contribution is -2.30. The molecular formula is C14H14FN3O2S. The number of benzene rings is 1. The number of hydrogen-bond donors (Lipinski definition) is 1. The first-order valence-corrected chi connectivity index (χ1v) is 7.13. The fourth-order valence-corrected chi connectivity index (χ4v) is 2.23. The van der Waals surface area contributed by atoms with Crippen molar-refractivity contribution >= 4 is 17.7 Å². The number of nitrogens with one attached hydrogen (secondary N) is 1. The molecule has 0 saturated heterocycles. The molecule has 0 spiro atoms. The van der Waals surface area contributed by atoms with Gasteiger partial charge in [0.25, 0.3) is 11.1 Å². The predicted molar refractivity (Wildman–Crippen MR) is 78.2 cm³/mol. The Kier molecular flexibility index (Phi) is 5.10. The molecule has 0 radical (unpaired) electrons. The van der Waals surface area contributed by atoms with Gasteiger partial charge in [0.05, 0.1) is 10.8 Å². The fourth-order valence-electron chi connectivity index (χ4n) is 1.52.